The normalized spacial score (nSPS) is 10.7. The van der Waals surface area contributed by atoms with Crippen LogP contribution in [0.15, 0.2) is 47.4 Å². The highest BCUT2D eigenvalue weighted by Gasteiger charge is 2.19. The molecule has 0 spiro atoms. The van der Waals surface area contributed by atoms with Crippen LogP contribution in [0.4, 0.5) is 5.69 Å². The fourth-order valence-corrected chi connectivity index (χ4v) is 2.62. The largest absolute Gasteiger partial charge is 0.456 e. The summed E-state index contributed by atoms with van der Waals surface area (Å²) in [6.07, 6.45) is 1.44. The number of nitrogens with zero attached hydrogens (tertiary/aromatic N) is 3. The molecule has 8 nitrogen and oxygen atoms in total. The van der Waals surface area contributed by atoms with E-state index >= 15 is 0 Å². The van der Waals surface area contributed by atoms with Gasteiger partial charge in [0.2, 0.25) is 0 Å². The molecule has 0 aliphatic rings. The molecular weight excluding hydrogens is 362 g/mol. The summed E-state index contributed by atoms with van der Waals surface area (Å²) in [7, 11) is 0. The molecule has 132 valence electrons. The topological polar surface area (TPSA) is 104 Å². The molecule has 0 amide bonds. The van der Waals surface area contributed by atoms with Crippen LogP contribution in [-0.2, 0) is 11.3 Å². The first-order chi connectivity index (χ1) is 12.4. The third kappa shape index (κ3) is 3.40. The number of halogens is 1. The summed E-state index contributed by atoms with van der Waals surface area (Å²) in [4.78, 5) is 38.9. The number of nitro groups is 1. The number of fused-ring (bicyclic) bond motifs is 1. The van der Waals surface area contributed by atoms with Crippen LogP contribution in [0.25, 0.3) is 5.65 Å². The fourth-order valence-electron chi connectivity index (χ4n) is 2.46. The van der Waals surface area contributed by atoms with Gasteiger partial charge in [0.05, 0.1) is 21.2 Å². The molecular formula is C17H12ClN3O5. The molecule has 0 bridgehead atoms. The predicted octanol–water partition coefficient (Wildman–Crippen LogP) is 2.92. The van der Waals surface area contributed by atoms with E-state index in [1.165, 1.54) is 41.8 Å². The fraction of sp³-hybridized carbons (Fsp3) is 0.118. The van der Waals surface area contributed by atoms with Gasteiger partial charge in [-0.1, -0.05) is 17.7 Å². The summed E-state index contributed by atoms with van der Waals surface area (Å²) in [6, 6.07) is 8.55. The number of ether oxygens (including phenoxy) is 1. The number of hydrogen-bond donors (Lipinski definition) is 0. The lowest BCUT2D eigenvalue weighted by Crippen LogP contribution is -2.17. The molecule has 2 heterocycles. The molecule has 0 aliphatic carbocycles. The van der Waals surface area contributed by atoms with Gasteiger partial charge in [-0.15, -0.1) is 0 Å². The van der Waals surface area contributed by atoms with Gasteiger partial charge in [0, 0.05) is 23.9 Å². The summed E-state index contributed by atoms with van der Waals surface area (Å²) in [5.41, 5.74) is 0.383. The average molecular weight is 374 g/mol. The van der Waals surface area contributed by atoms with E-state index in [9.17, 15) is 19.7 Å². The average Bonchev–Trinajstić information content (AvgIpc) is 2.60. The van der Waals surface area contributed by atoms with Crippen molar-refractivity contribution < 1.29 is 14.5 Å². The zero-order chi connectivity index (χ0) is 18.8. The van der Waals surface area contributed by atoms with Crippen LogP contribution in [0.1, 0.15) is 21.6 Å². The van der Waals surface area contributed by atoms with Gasteiger partial charge in [0.25, 0.3) is 11.2 Å². The molecule has 9 heteroatoms. The van der Waals surface area contributed by atoms with Gasteiger partial charge in [-0.2, -0.15) is 0 Å². The summed E-state index contributed by atoms with van der Waals surface area (Å²) >= 11 is 5.85. The van der Waals surface area contributed by atoms with Crippen molar-refractivity contribution in [2.45, 2.75) is 13.5 Å². The minimum atomic E-state index is -0.732. The third-order valence-corrected chi connectivity index (χ3v) is 3.97. The van der Waals surface area contributed by atoms with E-state index in [-0.39, 0.29) is 34.7 Å². The smallest absolute Gasteiger partial charge is 0.339 e. The van der Waals surface area contributed by atoms with Crippen LogP contribution in [0.3, 0.4) is 0 Å². The molecule has 0 unspecified atom stereocenters. The number of benzene rings is 1. The minimum Gasteiger partial charge on any atom is -0.456 e. The first kappa shape index (κ1) is 17.6. The van der Waals surface area contributed by atoms with Gasteiger partial charge in [-0.3, -0.25) is 19.3 Å². The molecule has 0 saturated heterocycles. The molecule has 0 radical (unpaired) electrons. The van der Waals surface area contributed by atoms with Crippen molar-refractivity contribution in [3.05, 3.63) is 84.9 Å². The minimum absolute atomic E-state index is 0.0866. The van der Waals surface area contributed by atoms with Crippen LogP contribution in [0.5, 0.6) is 0 Å². The summed E-state index contributed by atoms with van der Waals surface area (Å²) < 4.78 is 6.44. The molecule has 0 saturated carbocycles. The molecule has 26 heavy (non-hydrogen) atoms. The molecule has 0 aliphatic heterocycles. The second-order valence-electron chi connectivity index (χ2n) is 5.44. The summed E-state index contributed by atoms with van der Waals surface area (Å²) in [5.74, 6) is -0.732. The van der Waals surface area contributed by atoms with Crippen molar-refractivity contribution in [2.75, 3.05) is 0 Å². The number of rotatable bonds is 4. The van der Waals surface area contributed by atoms with E-state index in [4.69, 9.17) is 16.3 Å². The lowest BCUT2D eigenvalue weighted by atomic mass is 10.1. The van der Waals surface area contributed by atoms with Gasteiger partial charge in [0.15, 0.2) is 0 Å². The van der Waals surface area contributed by atoms with E-state index in [0.717, 1.165) is 0 Å². The Labute approximate surface area is 151 Å². The standard InChI is InChI=1S/C17H12ClN3O5/c1-10-13(3-2-4-14(10)21(24)25)17(23)26-9-12-7-16(22)20-8-11(18)5-6-15(20)19-12/h2-8H,9H2,1H3. The van der Waals surface area contributed by atoms with Crippen molar-refractivity contribution in [3.8, 4) is 0 Å². The number of carbonyl (C=O) groups is 1. The highest BCUT2D eigenvalue weighted by atomic mass is 35.5. The van der Waals surface area contributed by atoms with Crippen molar-refractivity contribution >= 4 is 28.9 Å². The Kier molecular flexibility index (Phi) is 4.68. The SMILES string of the molecule is Cc1c(C(=O)OCc2cc(=O)n3cc(Cl)ccc3n2)cccc1[N+](=O)[O-]. The summed E-state index contributed by atoms with van der Waals surface area (Å²) in [6.45, 7) is 1.23. The molecule has 2 aromatic heterocycles. The highest BCUT2D eigenvalue weighted by molar-refractivity contribution is 6.30. The van der Waals surface area contributed by atoms with Crippen LogP contribution < -0.4 is 5.56 Å². The van der Waals surface area contributed by atoms with Crippen LogP contribution in [0.2, 0.25) is 5.02 Å². The van der Waals surface area contributed by atoms with Crippen molar-refractivity contribution in [3.63, 3.8) is 0 Å². The maximum absolute atomic E-state index is 12.2. The quantitative estimate of drug-likeness (QED) is 0.395. The Bertz CT molecular complexity index is 1090. The second-order valence-corrected chi connectivity index (χ2v) is 5.88. The van der Waals surface area contributed by atoms with E-state index in [0.29, 0.717) is 10.7 Å². The zero-order valence-corrected chi connectivity index (χ0v) is 14.3. The number of pyridine rings is 1. The highest BCUT2D eigenvalue weighted by Crippen LogP contribution is 2.22. The Balaban J connectivity index is 1.83. The van der Waals surface area contributed by atoms with Crippen molar-refractivity contribution in [2.24, 2.45) is 0 Å². The number of aromatic nitrogens is 2. The van der Waals surface area contributed by atoms with Gasteiger partial charge in [0.1, 0.15) is 12.3 Å². The number of nitro benzene ring substituents is 1. The third-order valence-electron chi connectivity index (χ3n) is 3.75. The van der Waals surface area contributed by atoms with E-state index < -0.39 is 10.9 Å². The molecule has 0 fully saturated rings. The number of carbonyl (C=O) groups excluding carboxylic acids is 1. The maximum Gasteiger partial charge on any atom is 0.339 e. The van der Waals surface area contributed by atoms with E-state index in [1.807, 2.05) is 0 Å². The van der Waals surface area contributed by atoms with Crippen molar-refractivity contribution in [1.82, 2.24) is 9.38 Å². The Morgan fingerprint density at radius 1 is 1.35 bits per heavy atom. The molecule has 0 N–H and O–H groups in total. The van der Waals surface area contributed by atoms with Gasteiger partial charge in [-0.05, 0) is 25.1 Å². The van der Waals surface area contributed by atoms with Crippen LogP contribution >= 0.6 is 11.6 Å². The molecule has 3 rings (SSSR count). The number of hydrogen-bond acceptors (Lipinski definition) is 6. The molecule has 0 atom stereocenters. The van der Waals surface area contributed by atoms with Crippen LogP contribution in [0, 0.1) is 17.0 Å². The lowest BCUT2D eigenvalue weighted by Gasteiger charge is -2.08. The monoisotopic (exact) mass is 373 g/mol. The Morgan fingerprint density at radius 2 is 2.12 bits per heavy atom. The van der Waals surface area contributed by atoms with Crippen molar-refractivity contribution in [1.29, 1.82) is 0 Å². The van der Waals surface area contributed by atoms with E-state index in [2.05, 4.69) is 4.98 Å². The van der Waals surface area contributed by atoms with E-state index in [1.54, 1.807) is 12.1 Å². The first-order valence-electron chi connectivity index (χ1n) is 7.46. The Morgan fingerprint density at radius 3 is 2.85 bits per heavy atom. The lowest BCUT2D eigenvalue weighted by molar-refractivity contribution is -0.385. The first-order valence-corrected chi connectivity index (χ1v) is 7.83. The maximum atomic E-state index is 12.2. The van der Waals surface area contributed by atoms with Gasteiger partial charge in [-0.25, -0.2) is 9.78 Å². The predicted molar refractivity (Wildman–Crippen MR) is 93.4 cm³/mol. The number of esters is 1. The van der Waals surface area contributed by atoms with Gasteiger partial charge >= 0.3 is 5.97 Å². The zero-order valence-electron chi connectivity index (χ0n) is 13.5. The van der Waals surface area contributed by atoms with Gasteiger partial charge < -0.3 is 4.74 Å². The van der Waals surface area contributed by atoms with Crippen LogP contribution in [-0.4, -0.2) is 20.3 Å². The molecule has 1 aromatic carbocycles. The molecule has 3 aromatic rings. The summed E-state index contributed by atoms with van der Waals surface area (Å²) in [5, 5.41) is 11.3. The second kappa shape index (κ2) is 6.93. The Hall–Kier alpha value is -3.26.